The van der Waals surface area contributed by atoms with Crippen LogP contribution in [0.5, 0.6) is 0 Å². The Morgan fingerprint density at radius 2 is 2.15 bits per heavy atom. The summed E-state index contributed by atoms with van der Waals surface area (Å²) in [6.45, 7) is 1.19. The molecule has 0 atom stereocenters. The Labute approximate surface area is 76.8 Å². The average Bonchev–Trinajstić information content (AvgIpc) is 2.54. The van der Waals surface area contributed by atoms with E-state index in [2.05, 4.69) is 0 Å². The molecule has 0 aromatic rings. The highest BCUT2D eigenvalue weighted by Gasteiger charge is 2.38. The van der Waals surface area contributed by atoms with Crippen LogP contribution in [0.2, 0.25) is 0 Å². The molecule has 4 heteroatoms. The maximum Gasteiger partial charge on any atom is 0.407 e. The van der Waals surface area contributed by atoms with Gasteiger partial charge >= 0.3 is 6.09 Å². The van der Waals surface area contributed by atoms with Gasteiger partial charge in [-0.05, 0) is 6.08 Å². The van der Waals surface area contributed by atoms with E-state index in [0.717, 1.165) is 19.3 Å². The fourth-order valence-corrected chi connectivity index (χ4v) is 1.93. The maximum absolute atomic E-state index is 10.6. The summed E-state index contributed by atoms with van der Waals surface area (Å²) in [4.78, 5) is 12.1. The molecule has 2 heterocycles. The molecule has 4 nitrogen and oxygen atoms in total. The first-order chi connectivity index (χ1) is 6.22. The molecule has 0 aromatic carbocycles. The molecule has 2 aliphatic heterocycles. The lowest BCUT2D eigenvalue weighted by Gasteiger charge is -2.37. The van der Waals surface area contributed by atoms with Gasteiger partial charge in [0, 0.05) is 32.4 Å². The van der Waals surface area contributed by atoms with Gasteiger partial charge in [-0.2, -0.15) is 0 Å². The third-order valence-electron chi connectivity index (χ3n) is 2.85. The first kappa shape index (κ1) is 8.41. The van der Waals surface area contributed by atoms with Gasteiger partial charge in [-0.15, -0.1) is 0 Å². The Bertz CT molecular complexity index is 231. The van der Waals surface area contributed by atoms with Crippen molar-refractivity contribution in [3.05, 3.63) is 12.3 Å². The molecule has 1 fully saturated rings. The van der Waals surface area contributed by atoms with E-state index in [-0.39, 0.29) is 5.60 Å². The normalized spacial score (nSPS) is 24.8. The molecule has 0 aliphatic carbocycles. The summed E-state index contributed by atoms with van der Waals surface area (Å²) >= 11 is 0. The Morgan fingerprint density at radius 3 is 2.62 bits per heavy atom. The number of carbonyl (C=O) groups is 1. The molecule has 0 aromatic heterocycles. The van der Waals surface area contributed by atoms with Gasteiger partial charge in [-0.1, -0.05) is 0 Å². The summed E-state index contributed by atoms with van der Waals surface area (Å²) in [6.07, 6.45) is 5.48. The van der Waals surface area contributed by atoms with Crippen molar-refractivity contribution in [3.8, 4) is 0 Å². The molecular formula is C9H13NO3. The van der Waals surface area contributed by atoms with Crippen molar-refractivity contribution >= 4 is 6.09 Å². The molecule has 0 unspecified atom stereocenters. The number of hydrogen-bond acceptors (Lipinski definition) is 2. The van der Waals surface area contributed by atoms with E-state index in [0.29, 0.717) is 13.1 Å². The number of carboxylic acid groups (broad SMARTS) is 1. The summed E-state index contributed by atoms with van der Waals surface area (Å²) in [5.74, 6) is 0. The predicted molar refractivity (Wildman–Crippen MR) is 46.4 cm³/mol. The van der Waals surface area contributed by atoms with Gasteiger partial charge in [0.05, 0.1) is 6.26 Å². The van der Waals surface area contributed by atoms with Crippen LogP contribution in [-0.2, 0) is 4.74 Å². The Balaban J connectivity index is 1.92. The molecule has 1 saturated heterocycles. The number of ether oxygens (including phenoxy) is 1. The van der Waals surface area contributed by atoms with Crippen molar-refractivity contribution in [3.63, 3.8) is 0 Å². The molecule has 1 amide bonds. The topological polar surface area (TPSA) is 49.8 Å². The number of amides is 1. The van der Waals surface area contributed by atoms with Gasteiger partial charge < -0.3 is 14.7 Å². The molecule has 1 spiro atoms. The number of rotatable bonds is 0. The smallest absolute Gasteiger partial charge is 0.407 e. The Morgan fingerprint density at radius 1 is 1.46 bits per heavy atom. The van der Waals surface area contributed by atoms with Gasteiger partial charge in [0.15, 0.2) is 0 Å². The summed E-state index contributed by atoms with van der Waals surface area (Å²) in [5, 5.41) is 8.74. The Hall–Kier alpha value is -1.19. The first-order valence-corrected chi connectivity index (χ1v) is 4.53. The van der Waals surface area contributed by atoms with Crippen molar-refractivity contribution in [2.24, 2.45) is 0 Å². The van der Waals surface area contributed by atoms with Crippen LogP contribution >= 0.6 is 0 Å². The number of piperidine rings is 1. The zero-order valence-corrected chi connectivity index (χ0v) is 7.40. The molecule has 0 radical (unpaired) electrons. The van der Waals surface area contributed by atoms with E-state index in [9.17, 15) is 4.79 Å². The van der Waals surface area contributed by atoms with Crippen LogP contribution in [0.4, 0.5) is 4.79 Å². The third kappa shape index (κ3) is 1.48. The minimum atomic E-state index is -0.819. The lowest BCUT2D eigenvalue weighted by Crippen LogP contribution is -2.45. The minimum absolute atomic E-state index is 0.0774. The predicted octanol–water partition coefficient (Wildman–Crippen LogP) is 1.43. The first-order valence-electron chi connectivity index (χ1n) is 4.53. The lowest BCUT2D eigenvalue weighted by atomic mass is 9.89. The molecule has 0 saturated carbocycles. The zero-order chi connectivity index (χ0) is 9.31. The van der Waals surface area contributed by atoms with Crippen molar-refractivity contribution in [2.45, 2.75) is 24.9 Å². The summed E-state index contributed by atoms with van der Waals surface area (Å²) < 4.78 is 5.51. The minimum Gasteiger partial charge on any atom is -0.495 e. The van der Waals surface area contributed by atoms with E-state index in [1.54, 1.807) is 6.26 Å². The second-order valence-electron chi connectivity index (χ2n) is 3.65. The quantitative estimate of drug-likeness (QED) is 0.618. The van der Waals surface area contributed by atoms with E-state index in [4.69, 9.17) is 9.84 Å². The molecular weight excluding hydrogens is 170 g/mol. The van der Waals surface area contributed by atoms with Crippen LogP contribution in [0.15, 0.2) is 12.3 Å². The Kier molecular flexibility index (Phi) is 1.90. The van der Waals surface area contributed by atoms with Gasteiger partial charge in [-0.25, -0.2) is 4.79 Å². The van der Waals surface area contributed by atoms with E-state index in [1.807, 2.05) is 6.08 Å². The van der Waals surface area contributed by atoms with Crippen molar-refractivity contribution < 1.29 is 14.6 Å². The lowest BCUT2D eigenvalue weighted by molar-refractivity contribution is -0.0112. The van der Waals surface area contributed by atoms with Crippen LogP contribution in [0.3, 0.4) is 0 Å². The highest BCUT2D eigenvalue weighted by molar-refractivity contribution is 5.65. The monoisotopic (exact) mass is 183 g/mol. The van der Waals surface area contributed by atoms with Gasteiger partial charge in [0.2, 0.25) is 0 Å². The maximum atomic E-state index is 10.6. The van der Waals surface area contributed by atoms with Gasteiger partial charge in [-0.3, -0.25) is 0 Å². The van der Waals surface area contributed by atoms with Crippen LogP contribution in [-0.4, -0.2) is 34.8 Å². The number of nitrogens with zero attached hydrogens (tertiary/aromatic N) is 1. The van der Waals surface area contributed by atoms with Gasteiger partial charge in [0.25, 0.3) is 0 Å². The second kappa shape index (κ2) is 2.94. The highest BCUT2D eigenvalue weighted by Crippen LogP contribution is 2.33. The molecule has 0 bridgehead atoms. The molecule has 1 N–H and O–H groups in total. The second-order valence-corrected chi connectivity index (χ2v) is 3.65. The fourth-order valence-electron chi connectivity index (χ4n) is 1.93. The van der Waals surface area contributed by atoms with E-state index in [1.165, 1.54) is 4.90 Å². The number of hydrogen-bond donors (Lipinski definition) is 1. The molecule has 13 heavy (non-hydrogen) atoms. The van der Waals surface area contributed by atoms with Crippen LogP contribution in [0.1, 0.15) is 19.3 Å². The standard InChI is InChI=1S/C9H13NO3/c11-8(12)10-5-3-9(4-6-10)2-1-7-13-9/h1,7H,2-6H2,(H,11,12). The van der Waals surface area contributed by atoms with Crippen molar-refractivity contribution in [1.29, 1.82) is 0 Å². The zero-order valence-electron chi connectivity index (χ0n) is 7.40. The summed E-state index contributed by atoms with van der Waals surface area (Å²) in [7, 11) is 0. The molecule has 72 valence electrons. The van der Waals surface area contributed by atoms with Crippen molar-refractivity contribution in [1.82, 2.24) is 4.90 Å². The third-order valence-corrected chi connectivity index (χ3v) is 2.85. The van der Waals surface area contributed by atoms with Crippen LogP contribution in [0, 0.1) is 0 Å². The summed E-state index contributed by atoms with van der Waals surface area (Å²) in [6, 6.07) is 0. The fraction of sp³-hybridized carbons (Fsp3) is 0.667. The van der Waals surface area contributed by atoms with Crippen molar-refractivity contribution in [2.75, 3.05) is 13.1 Å². The van der Waals surface area contributed by atoms with Crippen LogP contribution in [0.25, 0.3) is 0 Å². The van der Waals surface area contributed by atoms with E-state index < -0.39 is 6.09 Å². The molecule has 2 rings (SSSR count). The SMILES string of the molecule is O=C(O)N1CCC2(CC=CO2)CC1. The van der Waals surface area contributed by atoms with Crippen LogP contribution < -0.4 is 0 Å². The largest absolute Gasteiger partial charge is 0.495 e. The van der Waals surface area contributed by atoms with E-state index >= 15 is 0 Å². The molecule has 2 aliphatic rings. The number of likely N-dealkylation sites (tertiary alicyclic amines) is 1. The average molecular weight is 183 g/mol. The summed E-state index contributed by atoms with van der Waals surface area (Å²) in [5.41, 5.74) is -0.0774. The highest BCUT2D eigenvalue weighted by atomic mass is 16.5. The van der Waals surface area contributed by atoms with Gasteiger partial charge in [0.1, 0.15) is 5.60 Å².